The molecule has 0 amide bonds. The summed E-state index contributed by atoms with van der Waals surface area (Å²) in [6.07, 6.45) is 0. The highest BCUT2D eigenvalue weighted by atomic mass is 127. The topological polar surface area (TPSA) is 34.1 Å². The molecular weight excluding hydrogens is 343 g/mol. The number of ketones is 2. The summed E-state index contributed by atoms with van der Waals surface area (Å²) in [6, 6.07) is 0. The minimum Gasteiger partial charge on any atom is -0.293 e. The van der Waals surface area contributed by atoms with E-state index in [0.29, 0.717) is 11.1 Å². The highest BCUT2D eigenvalue weighted by Crippen LogP contribution is 2.46. The summed E-state index contributed by atoms with van der Waals surface area (Å²) >= 11 is 5.20. The van der Waals surface area contributed by atoms with Crippen LogP contribution in [-0.4, -0.2) is 17.3 Å². The molecule has 0 saturated heterocycles. The molecule has 0 spiro atoms. The summed E-state index contributed by atoms with van der Waals surface area (Å²) < 4.78 is 0.993. The van der Waals surface area contributed by atoms with Crippen LogP contribution < -0.4 is 0 Å². The van der Waals surface area contributed by atoms with Gasteiger partial charge in [-0.05, 0) is 22.6 Å². The second-order valence-electron chi connectivity index (χ2n) is 3.44. The molecule has 1 atom stereocenters. The average Bonchev–Trinajstić information content (AvgIpc) is 2.80. The number of hydrogen-bond acceptors (Lipinski definition) is 4. The number of fused-ring (bicyclic) bond motifs is 2. The maximum Gasteiger partial charge on any atom is 0.192 e. The van der Waals surface area contributed by atoms with Crippen LogP contribution in [0.3, 0.4) is 0 Å². The van der Waals surface area contributed by atoms with Crippen molar-refractivity contribution in [1.29, 1.82) is 0 Å². The van der Waals surface area contributed by atoms with Gasteiger partial charge in [-0.2, -0.15) is 11.3 Å². The molecular formula is C10H5IO2S2. The average molecular weight is 348 g/mol. The zero-order chi connectivity index (χ0) is 10.6. The molecule has 0 fully saturated rings. The number of thioether (sulfide) groups is 1. The Bertz CT molecular complexity index is 515. The van der Waals surface area contributed by atoms with E-state index >= 15 is 0 Å². The lowest BCUT2D eigenvalue weighted by Crippen LogP contribution is -2.28. The Labute approximate surface area is 108 Å². The van der Waals surface area contributed by atoms with E-state index in [1.165, 1.54) is 11.3 Å². The van der Waals surface area contributed by atoms with E-state index in [0.717, 1.165) is 14.2 Å². The van der Waals surface area contributed by atoms with Crippen LogP contribution in [0.25, 0.3) is 0 Å². The minimum absolute atomic E-state index is 0.0604. The third kappa shape index (κ3) is 1.29. The van der Waals surface area contributed by atoms with Crippen LogP contribution in [0, 0.1) is 5.92 Å². The second-order valence-corrected chi connectivity index (χ2v) is 7.03. The van der Waals surface area contributed by atoms with Gasteiger partial charge >= 0.3 is 0 Å². The maximum absolute atomic E-state index is 12.1. The van der Waals surface area contributed by atoms with E-state index in [4.69, 9.17) is 0 Å². The Morgan fingerprint density at radius 2 is 2.00 bits per heavy atom. The largest absolute Gasteiger partial charge is 0.293 e. The first-order valence-corrected chi connectivity index (χ1v) is 7.38. The van der Waals surface area contributed by atoms with E-state index in [-0.39, 0.29) is 17.5 Å². The number of carbonyl (C=O) groups excluding carboxylic acids is 2. The van der Waals surface area contributed by atoms with Gasteiger partial charge in [0.25, 0.3) is 0 Å². The van der Waals surface area contributed by atoms with Crippen LogP contribution >= 0.6 is 45.7 Å². The Morgan fingerprint density at radius 3 is 2.80 bits per heavy atom. The van der Waals surface area contributed by atoms with Gasteiger partial charge in [0, 0.05) is 33.2 Å². The summed E-state index contributed by atoms with van der Waals surface area (Å²) in [5.41, 5.74) is 1.97. The number of carbonyl (C=O) groups is 2. The SMILES string of the molecule is O=C1C2=C(I)SCC2C(=O)c2cscc21. The van der Waals surface area contributed by atoms with Crippen molar-refractivity contribution in [1.82, 2.24) is 0 Å². The van der Waals surface area contributed by atoms with Crippen molar-refractivity contribution >= 4 is 57.3 Å². The third-order valence-electron chi connectivity index (χ3n) is 2.67. The van der Waals surface area contributed by atoms with Crippen molar-refractivity contribution in [2.75, 3.05) is 5.75 Å². The number of halogens is 1. The summed E-state index contributed by atoms with van der Waals surface area (Å²) in [4.78, 5) is 24.1. The monoisotopic (exact) mass is 348 g/mol. The minimum atomic E-state index is -0.184. The fraction of sp³-hybridized carbons (Fsp3) is 0.200. The Balaban J connectivity index is 2.27. The number of thiophene rings is 1. The van der Waals surface area contributed by atoms with Crippen LogP contribution in [0.4, 0.5) is 0 Å². The normalized spacial score (nSPS) is 24.5. The molecule has 2 aliphatic rings. The molecule has 1 aliphatic heterocycles. The predicted octanol–water partition coefficient (Wildman–Crippen LogP) is 3.14. The molecule has 0 aromatic carbocycles. The third-order valence-corrected chi connectivity index (χ3v) is 5.90. The van der Waals surface area contributed by atoms with Crippen LogP contribution in [0.2, 0.25) is 0 Å². The van der Waals surface area contributed by atoms with Gasteiger partial charge in [-0.15, -0.1) is 11.8 Å². The fourth-order valence-electron chi connectivity index (χ4n) is 1.91. The lowest BCUT2D eigenvalue weighted by atomic mass is 9.82. The van der Waals surface area contributed by atoms with Gasteiger partial charge < -0.3 is 0 Å². The molecule has 1 aromatic rings. The van der Waals surface area contributed by atoms with Crippen molar-refractivity contribution < 1.29 is 9.59 Å². The van der Waals surface area contributed by atoms with E-state index < -0.39 is 0 Å². The molecule has 5 heteroatoms. The van der Waals surface area contributed by atoms with E-state index in [2.05, 4.69) is 22.6 Å². The highest BCUT2D eigenvalue weighted by molar-refractivity contribution is 14.1. The fourth-order valence-corrected chi connectivity index (χ4v) is 4.90. The number of rotatable bonds is 0. The smallest absolute Gasteiger partial charge is 0.192 e. The number of Topliss-reactive ketones (excluding diaryl/α,β-unsaturated/α-hetero) is 2. The van der Waals surface area contributed by atoms with E-state index in [1.807, 2.05) is 0 Å². The molecule has 1 aliphatic carbocycles. The molecule has 1 unspecified atom stereocenters. The van der Waals surface area contributed by atoms with Gasteiger partial charge in [-0.1, -0.05) is 0 Å². The first kappa shape index (κ1) is 10.0. The van der Waals surface area contributed by atoms with Crippen LogP contribution in [0.15, 0.2) is 19.2 Å². The van der Waals surface area contributed by atoms with Crippen molar-refractivity contribution in [3.63, 3.8) is 0 Å². The molecule has 2 nitrogen and oxygen atoms in total. The Kier molecular flexibility index (Phi) is 2.29. The lowest BCUT2D eigenvalue weighted by Gasteiger charge is -2.18. The summed E-state index contributed by atoms with van der Waals surface area (Å²) in [5.74, 6) is 0.731. The maximum atomic E-state index is 12.1. The predicted molar refractivity (Wildman–Crippen MR) is 70.0 cm³/mol. The van der Waals surface area contributed by atoms with Crippen molar-refractivity contribution in [2.45, 2.75) is 0 Å². The highest BCUT2D eigenvalue weighted by Gasteiger charge is 2.42. The zero-order valence-electron chi connectivity index (χ0n) is 7.45. The molecule has 0 N–H and O–H groups in total. The molecule has 15 heavy (non-hydrogen) atoms. The molecule has 1 aromatic heterocycles. The summed E-state index contributed by atoms with van der Waals surface area (Å²) in [6.45, 7) is 0. The Morgan fingerprint density at radius 1 is 1.27 bits per heavy atom. The van der Waals surface area contributed by atoms with Crippen LogP contribution in [0.5, 0.6) is 0 Å². The first-order chi connectivity index (χ1) is 7.20. The molecule has 76 valence electrons. The van der Waals surface area contributed by atoms with E-state index in [9.17, 15) is 9.59 Å². The number of hydrogen-bond donors (Lipinski definition) is 0. The van der Waals surface area contributed by atoms with E-state index in [1.54, 1.807) is 22.5 Å². The second kappa shape index (κ2) is 3.43. The van der Waals surface area contributed by atoms with Crippen molar-refractivity contribution in [3.05, 3.63) is 30.4 Å². The lowest BCUT2D eigenvalue weighted by molar-refractivity contribution is 0.0896. The van der Waals surface area contributed by atoms with Crippen LogP contribution in [0.1, 0.15) is 20.7 Å². The molecule has 0 radical (unpaired) electrons. The first-order valence-electron chi connectivity index (χ1n) is 4.37. The summed E-state index contributed by atoms with van der Waals surface area (Å²) in [5, 5.41) is 3.58. The zero-order valence-corrected chi connectivity index (χ0v) is 11.2. The number of allylic oxidation sites excluding steroid dienone is 1. The van der Waals surface area contributed by atoms with Gasteiger partial charge in [0.15, 0.2) is 11.6 Å². The Hall–Kier alpha value is -0.140. The summed E-state index contributed by atoms with van der Waals surface area (Å²) in [7, 11) is 0. The van der Waals surface area contributed by atoms with Gasteiger partial charge in [0.1, 0.15) is 0 Å². The van der Waals surface area contributed by atoms with Gasteiger partial charge in [0.2, 0.25) is 0 Å². The molecule has 3 rings (SSSR count). The van der Waals surface area contributed by atoms with Gasteiger partial charge in [-0.3, -0.25) is 9.59 Å². The molecule has 0 bridgehead atoms. The van der Waals surface area contributed by atoms with Gasteiger partial charge in [0.05, 0.1) is 8.83 Å². The van der Waals surface area contributed by atoms with Crippen molar-refractivity contribution in [3.8, 4) is 0 Å². The molecule has 0 saturated carbocycles. The van der Waals surface area contributed by atoms with Crippen LogP contribution in [-0.2, 0) is 0 Å². The van der Waals surface area contributed by atoms with Gasteiger partial charge in [-0.25, -0.2) is 0 Å². The van der Waals surface area contributed by atoms with Crippen molar-refractivity contribution in [2.24, 2.45) is 5.92 Å². The quantitative estimate of drug-likeness (QED) is 0.676. The standard InChI is InChI=1S/C10H5IO2S2/c11-10-7-6(3-15-10)8(12)4-1-14-2-5(4)9(7)13/h1-2,6H,3H2. The molecule has 2 heterocycles.